The van der Waals surface area contributed by atoms with Crippen molar-refractivity contribution in [2.24, 2.45) is 15.2 Å². The summed E-state index contributed by atoms with van der Waals surface area (Å²) in [6.45, 7) is 2.65. The smallest absolute Gasteiger partial charge is 0.177 e. The number of benzene rings is 8. The number of hydrogen-bond acceptors (Lipinski definition) is 3. The maximum absolute atomic E-state index is 5.49. The molecular formula is C54H41N5. The van der Waals surface area contributed by atoms with Crippen molar-refractivity contribution in [1.82, 2.24) is 9.55 Å². The Hall–Kier alpha value is -7.50. The first-order valence-corrected chi connectivity index (χ1v) is 20.3. The van der Waals surface area contributed by atoms with E-state index in [9.17, 15) is 0 Å². The fraction of sp³-hybridized carbons (Fsp3) is 0.0741. The van der Waals surface area contributed by atoms with Crippen LogP contribution >= 0.6 is 0 Å². The molecule has 0 bridgehead atoms. The average molecular weight is 760 g/mol. The highest BCUT2D eigenvalue weighted by Gasteiger charge is 2.23. The number of para-hydroxylation sites is 3. The predicted molar refractivity (Wildman–Crippen MR) is 245 cm³/mol. The number of fused-ring (bicyclic) bond motifs is 6. The minimum atomic E-state index is -0.159. The van der Waals surface area contributed by atoms with Crippen molar-refractivity contribution in [3.8, 4) is 28.1 Å². The number of rotatable bonds is 9. The summed E-state index contributed by atoms with van der Waals surface area (Å²) in [6.07, 6.45) is 0.789. The molecule has 59 heavy (non-hydrogen) atoms. The summed E-state index contributed by atoms with van der Waals surface area (Å²) in [5.41, 5.74) is 11.9. The van der Waals surface area contributed by atoms with Gasteiger partial charge in [0.2, 0.25) is 0 Å². The zero-order valence-electron chi connectivity index (χ0n) is 32.8. The highest BCUT2D eigenvalue weighted by Crippen LogP contribution is 2.43. The zero-order chi connectivity index (χ0) is 39.5. The van der Waals surface area contributed by atoms with Crippen molar-refractivity contribution >= 4 is 49.3 Å². The summed E-state index contributed by atoms with van der Waals surface area (Å²) in [5, 5.41) is 15.4. The summed E-state index contributed by atoms with van der Waals surface area (Å²) in [4.78, 5) is 10.9. The Labute approximate surface area is 343 Å². The van der Waals surface area contributed by atoms with Crippen LogP contribution in [-0.4, -0.2) is 15.4 Å². The third-order valence-electron chi connectivity index (χ3n) is 11.3. The van der Waals surface area contributed by atoms with E-state index in [4.69, 9.17) is 20.2 Å². The van der Waals surface area contributed by atoms with E-state index in [1.807, 2.05) is 24.3 Å². The monoisotopic (exact) mass is 759 g/mol. The van der Waals surface area contributed by atoms with Crippen LogP contribution in [0.15, 0.2) is 215 Å². The van der Waals surface area contributed by atoms with Crippen LogP contribution in [0, 0.1) is 0 Å². The second kappa shape index (κ2) is 15.8. The Morgan fingerprint density at radius 2 is 1.17 bits per heavy atom. The number of aromatic nitrogens is 2. The lowest BCUT2D eigenvalue weighted by molar-refractivity contribution is 0.704. The van der Waals surface area contributed by atoms with E-state index in [0.717, 1.165) is 72.8 Å². The van der Waals surface area contributed by atoms with E-state index in [1.165, 1.54) is 21.9 Å². The van der Waals surface area contributed by atoms with E-state index < -0.39 is 0 Å². The molecule has 10 aromatic rings. The topological polar surface area (TPSA) is 54.9 Å². The van der Waals surface area contributed by atoms with Crippen LogP contribution in [0.5, 0.6) is 0 Å². The van der Waals surface area contributed by atoms with Crippen molar-refractivity contribution in [2.45, 2.75) is 25.9 Å². The first-order chi connectivity index (χ1) is 29.2. The van der Waals surface area contributed by atoms with Crippen molar-refractivity contribution < 1.29 is 0 Å². The third-order valence-corrected chi connectivity index (χ3v) is 11.3. The lowest BCUT2D eigenvalue weighted by Gasteiger charge is -2.18. The molecule has 0 saturated carbocycles. The molecule has 8 aromatic carbocycles. The number of pyridine rings is 1. The van der Waals surface area contributed by atoms with Gasteiger partial charge in [0.25, 0.3) is 0 Å². The fourth-order valence-electron chi connectivity index (χ4n) is 8.44. The van der Waals surface area contributed by atoms with E-state index >= 15 is 0 Å². The van der Waals surface area contributed by atoms with E-state index in [1.54, 1.807) is 0 Å². The summed E-state index contributed by atoms with van der Waals surface area (Å²) in [7, 11) is 0. The number of hydrogen-bond donors (Lipinski definition) is 0. The van der Waals surface area contributed by atoms with Crippen LogP contribution in [-0.2, 0) is 6.54 Å². The Morgan fingerprint density at radius 3 is 1.92 bits per heavy atom. The van der Waals surface area contributed by atoms with Crippen molar-refractivity contribution in [2.75, 3.05) is 0 Å². The first-order valence-electron chi connectivity index (χ1n) is 20.3. The van der Waals surface area contributed by atoms with Gasteiger partial charge in [0.15, 0.2) is 5.84 Å². The zero-order valence-corrected chi connectivity index (χ0v) is 32.8. The van der Waals surface area contributed by atoms with Gasteiger partial charge in [-0.15, -0.1) is 5.11 Å². The molecule has 0 N–H and O–H groups in total. The molecule has 1 atom stereocenters. The van der Waals surface area contributed by atoms with Gasteiger partial charge >= 0.3 is 0 Å². The van der Waals surface area contributed by atoms with Gasteiger partial charge in [-0.05, 0) is 63.7 Å². The summed E-state index contributed by atoms with van der Waals surface area (Å²) >= 11 is 0. The molecule has 1 unspecified atom stereocenters. The van der Waals surface area contributed by atoms with Gasteiger partial charge in [-0.2, -0.15) is 5.11 Å². The predicted octanol–water partition coefficient (Wildman–Crippen LogP) is 14.4. The van der Waals surface area contributed by atoms with Gasteiger partial charge < -0.3 is 4.57 Å². The van der Waals surface area contributed by atoms with Gasteiger partial charge in [-0.25, -0.2) is 4.98 Å². The van der Waals surface area contributed by atoms with Gasteiger partial charge in [0, 0.05) is 33.0 Å². The van der Waals surface area contributed by atoms with Crippen LogP contribution < -0.4 is 0 Å². The van der Waals surface area contributed by atoms with Crippen LogP contribution in [0.2, 0.25) is 0 Å². The maximum Gasteiger partial charge on any atom is 0.177 e. The molecular weight excluding hydrogens is 719 g/mol. The number of amidine groups is 1. The molecule has 0 spiro atoms. The number of azo groups is 1. The average Bonchev–Trinajstić information content (AvgIpc) is 3.66. The van der Waals surface area contributed by atoms with Gasteiger partial charge in [0.05, 0.1) is 34.8 Å². The Bertz CT molecular complexity index is 3150. The molecule has 10 rings (SSSR count). The van der Waals surface area contributed by atoms with E-state index in [0.29, 0.717) is 12.4 Å². The number of aliphatic imine (C=N–C) groups is 1. The lowest BCUT2D eigenvalue weighted by Crippen LogP contribution is -2.04. The highest BCUT2D eigenvalue weighted by molar-refractivity contribution is 6.24. The second-order valence-corrected chi connectivity index (χ2v) is 14.8. The Balaban J connectivity index is 1.09. The normalized spacial score (nSPS) is 12.6. The lowest BCUT2D eigenvalue weighted by atomic mass is 9.92. The van der Waals surface area contributed by atoms with Crippen LogP contribution in [0.4, 0.5) is 0 Å². The number of nitrogens with zero attached hydrogens (tertiary/aromatic N) is 5. The molecule has 5 heteroatoms. The Kier molecular flexibility index (Phi) is 9.61. The molecule has 0 amide bonds. The molecule has 2 aromatic heterocycles. The first kappa shape index (κ1) is 35.9. The largest absolute Gasteiger partial charge is 0.307 e. The van der Waals surface area contributed by atoms with Gasteiger partial charge in [0.1, 0.15) is 0 Å². The van der Waals surface area contributed by atoms with E-state index in [-0.39, 0.29) is 6.04 Å². The van der Waals surface area contributed by atoms with Crippen molar-refractivity contribution in [3.05, 3.63) is 217 Å². The molecule has 0 saturated heterocycles. The third kappa shape index (κ3) is 6.77. The SMILES string of the molecule is CCC(N=C(N=NCc1ccc(-c2ccccc2)cc1)c1ccccc1)c1ccc(-c2nc3ccccc3c3c4ccccc4n(-c4ccccc4)c23)c2ccccc12. The molecule has 0 aliphatic heterocycles. The van der Waals surface area contributed by atoms with Crippen LogP contribution in [0.3, 0.4) is 0 Å². The van der Waals surface area contributed by atoms with Gasteiger partial charge in [-0.1, -0.05) is 183 Å². The summed E-state index contributed by atoms with van der Waals surface area (Å²) in [6, 6.07) is 70.1. The highest BCUT2D eigenvalue weighted by atomic mass is 15.1. The molecule has 0 fully saturated rings. The van der Waals surface area contributed by atoms with Crippen molar-refractivity contribution in [1.29, 1.82) is 0 Å². The minimum absolute atomic E-state index is 0.159. The summed E-state index contributed by atoms with van der Waals surface area (Å²) in [5.74, 6) is 0.622. The molecule has 0 aliphatic rings. The van der Waals surface area contributed by atoms with E-state index in [2.05, 4.69) is 187 Å². The summed E-state index contributed by atoms with van der Waals surface area (Å²) < 4.78 is 2.38. The quantitative estimate of drug-likeness (QED) is 0.0821. The Morgan fingerprint density at radius 1 is 0.559 bits per heavy atom. The second-order valence-electron chi connectivity index (χ2n) is 14.8. The molecule has 282 valence electrons. The van der Waals surface area contributed by atoms with Gasteiger partial charge in [-0.3, -0.25) is 4.99 Å². The fourth-order valence-corrected chi connectivity index (χ4v) is 8.44. The molecule has 2 heterocycles. The standard InChI is InChI=1S/C54H41N5/c1-2-48(57-54(40-20-8-4-9-21-40)58-55-36-37-30-32-39(33-31-37)38-18-6-3-7-19-38)44-34-35-45(43-25-13-12-24-42(43)44)52-53-51(46-26-14-16-28-49(46)56-52)47-27-15-17-29-50(47)59(53)41-22-10-5-11-23-41/h3-35,48H,2,36H2,1H3. The molecule has 5 nitrogen and oxygen atoms in total. The van der Waals surface area contributed by atoms with Crippen LogP contribution in [0.1, 0.15) is 36.1 Å². The molecule has 0 radical (unpaired) electrons. The minimum Gasteiger partial charge on any atom is -0.307 e. The van der Waals surface area contributed by atoms with Crippen molar-refractivity contribution in [3.63, 3.8) is 0 Å². The van der Waals surface area contributed by atoms with Crippen LogP contribution in [0.25, 0.3) is 71.6 Å². The molecule has 0 aliphatic carbocycles. The maximum atomic E-state index is 5.49.